The molecule has 33 heavy (non-hydrogen) atoms. The average Bonchev–Trinajstić information content (AvgIpc) is 3.09. The van der Waals surface area contributed by atoms with Gasteiger partial charge in [-0.05, 0) is 37.1 Å². The van der Waals surface area contributed by atoms with E-state index in [1.807, 2.05) is 12.1 Å². The van der Waals surface area contributed by atoms with E-state index in [1.54, 1.807) is 30.3 Å². The van der Waals surface area contributed by atoms with Crippen LogP contribution in [0.4, 0.5) is 0 Å². The molecule has 1 saturated carbocycles. The van der Waals surface area contributed by atoms with E-state index in [0.717, 1.165) is 25.7 Å². The molecule has 0 spiro atoms. The molecule has 1 aliphatic rings. The van der Waals surface area contributed by atoms with Crippen molar-refractivity contribution >= 4 is 57.6 Å². The molecular weight excluding hydrogens is 483 g/mol. The summed E-state index contributed by atoms with van der Waals surface area (Å²) in [5.41, 5.74) is 1.87. The van der Waals surface area contributed by atoms with Gasteiger partial charge in [0.05, 0.1) is 31.8 Å². The number of aromatic nitrogens is 1. The molecule has 1 amide bonds. The number of carbonyl (C=O) groups excluding carboxylic acids is 2. The molecule has 172 valence electrons. The van der Waals surface area contributed by atoms with Crippen LogP contribution in [0.25, 0.3) is 22.2 Å². The number of halogens is 3. The number of para-hydroxylation sites is 1. The molecule has 1 aromatic heterocycles. The molecule has 0 saturated heterocycles. The summed E-state index contributed by atoms with van der Waals surface area (Å²) < 4.78 is 5.38. The fraction of sp³-hybridized carbons (Fsp3) is 0.320. The highest BCUT2D eigenvalue weighted by atomic mass is 35.5. The molecule has 1 N–H and O–H groups in total. The number of nitrogens with one attached hydrogen (secondary N) is 1. The third-order valence-electron chi connectivity index (χ3n) is 5.80. The second-order valence-corrected chi connectivity index (χ2v) is 9.29. The van der Waals surface area contributed by atoms with E-state index < -0.39 is 5.97 Å². The van der Waals surface area contributed by atoms with Crippen molar-refractivity contribution in [2.75, 3.05) is 6.61 Å². The van der Waals surface area contributed by atoms with Gasteiger partial charge in [-0.3, -0.25) is 4.79 Å². The SMILES string of the molecule is O=C(COC(=O)c1cc(-c2ccc(Cl)c(Cl)c2Cl)nc2ccccc12)NC1CCCCCC1. The predicted molar refractivity (Wildman–Crippen MR) is 132 cm³/mol. The van der Waals surface area contributed by atoms with Crippen molar-refractivity contribution in [3.8, 4) is 11.3 Å². The molecule has 4 rings (SSSR count). The highest BCUT2D eigenvalue weighted by Gasteiger charge is 2.20. The van der Waals surface area contributed by atoms with Gasteiger partial charge in [-0.1, -0.05) is 78.7 Å². The molecule has 1 fully saturated rings. The fourth-order valence-electron chi connectivity index (χ4n) is 4.11. The van der Waals surface area contributed by atoms with Crippen LogP contribution in [0.15, 0.2) is 42.5 Å². The Morgan fingerprint density at radius 2 is 1.70 bits per heavy atom. The molecule has 8 heteroatoms. The first-order chi connectivity index (χ1) is 15.9. The Bertz CT molecular complexity index is 1190. The van der Waals surface area contributed by atoms with E-state index in [0.29, 0.717) is 32.7 Å². The smallest absolute Gasteiger partial charge is 0.339 e. The minimum Gasteiger partial charge on any atom is -0.452 e. The van der Waals surface area contributed by atoms with Crippen LogP contribution in [-0.2, 0) is 9.53 Å². The van der Waals surface area contributed by atoms with Gasteiger partial charge in [-0.25, -0.2) is 9.78 Å². The zero-order valence-electron chi connectivity index (χ0n) is 17.9. The standard InChI is InChI=1S/C25H23Cl3N2O3/c26-19-12-11-17(23(27)24(19)28)21-13-18(16-9-5-6-10-20(16)30-21)25(32)33-14-22(31)29-15-7-3-1-2-4-8-15/h5-6,9-13,15H,1-4,7-8,14H2,(H,29,31). The summed E-state index contributed by atoms with van der Waals surface area (Å²) >= 11 is 18.6. The largest absolute Gasteiger partial charge is 0.452 e. The van der Waals surface area contributed by atoms with Gasteiger partial charge in [0.15, 0.2) is 6.61 Å². The lowest BCUT2D eigenvalue weighted by Crippen LogP contribution is -2.37. The summed E-state index contributed by atoms with van der Waals surface area (Å²) in [5.74, 6) is -0.900. The van der Waals surface area contributed by atoms with Crippen LogP contribution in [0.5, 0.6) is 0 Å². The highest BCUT2D eigenvalue weighted by molar-refractivity contribution is 6.49. The summed E-state index contributed by atoms with van der Waals surface area (Å²) in [6.07, 6.45) is 6.52. The first kappa shape index (κ1) is 23.8. The summed E-state index contributed by atoms with van der Waals surface area (Å²) in [5, 5.41) is 4.39. The molecule has 3 aromatic rings. The Hall–Kier alpha value is -2.34. The number of benzene rings is 2. The molecule has 1 heterocycles. The molecular formula is C25H23Cl3N2O3. The summed E-state index contributed by atoms with van der Waals surface area (Å²) in [4.78, 5) is 30.0. The Morgan fingerprint density at radius 3 is 2.45 bits per heavy atom. The number of carbonyl (C=O) groups is 2. The number of fused-ring (bicyclic) bond motifs is 1. The van der Waals surface area contributed by atoms with Gasteiger partial charge in [0.1, 0.15) is 0 Å². The molecule has 0 atom stereocenters. The van der Waals surface area contributed by atoms with Gasteiger partial charge in [0.25, 0.3) is 5.91 Å². The number of rotatable bonds is 5. The maximum absolute atomic E-state index is 13.0. The third kappa shape index (κ3) is 5.60. The molecule has 0 aliphatic heterocycles. The summed E-state index contributed by atoms with van der Waals surface area (Å²) in [6, 6.07) is 12.3. The zero-order chi connectivity index (χ0) is 23.4. The van der Waals surface area contributed by atoms with Crippen molar-refractivity contribution in [3.05, 3.63) is 63.1 Å². The molecule has 5 nitrogen and oxygen atoms in total. The van der Waals surface area contributed by atoms with Gasteiger partial charge >= 0.3 is 5.97 Å². The van der Waals surface area contributed by atoms with E-state index in [4.69, 9.17) is 39.5 Å². The lowest BCUT2D eigenvalue weighted by Gasteiger charge is -2.16. The zero-order valence-corrected chi connectivity index (χ0v) is 20.1. The van der Waals surface area contributed by atoms with Crippen LogP contribution in [-0.4, -0.2) is 29.5 Å². The Labute approximate surface area is 207 Å². The predicted octanol–water partition coefficient (Wildman–Crippen LogP) is 6.86. The van der Waals surface area contributed by atoms with Crippen LogP contribution in [0.3, 0.4) is 0 Å². The lowest BCUT2D eigenvalue weighted by atomic mass is 10.0. The van der Waals surface area contributed by atoms with Crippen LogP contribution in [0, 0.1) is 0 Å². The van der Waals surface area contributed by atoms with E-state index >= 15 is 0 Å². The Morgan fingerprint density at radius 1 is 0.970 bits per heavy atom. The van der Waals surface area contributed by atoms with Crippen molar-refractivity contribution in [1.29, 1.82) is 0 Å². The number of hydrogen-bond acceptors (Lipinski definition) is 4. The van der Waals surface area contributed by atoms with Gasteiger partial charge in [0.2, 0.25) is 0 Å². The normalized spacial score (nSPS) is 14.6. The number of pyridine rings is 1. The topological polar surface area (TPSA) is 68.3 Å². The minimum absolute atomic E-state index is 0.142. The van der Waals surface area contributed by atoms with Gasteiger partial charge in [0, 0.05) is 17.0 Å². The van der Waals surface area contributed by atoms with E-state index in [1.165, 1.54) is 12.8 Å². The number of esters is 1. The van der Waals surface area contributed by atoms with Crippen molar-refractivity contribution in [2.45, 2.75) is 44.6 Å². The van der Waals surface area contributed by atoms with Crippen molar-refractivity contribution in [2.24, 2.45) is 0 Å². The minimum atomic E-state index is -0.609. The quantitative estimate of drug-likeness (QED) is 0.234. The van der Waals surface area contributed by atoms with Crippen molar-refractivity contribution in [1.82, 2.24) is 10.3 Å². The van der Waals surface area contributed by atoms with Crippen LogP contribution >= 0.6 is 34.8 Å². The molecule has 1 aliphatic carbocycles. The second kappa shape index (κ2) is 10.7. The Kier molecular flexibility index (Phi) is 7.74. The van der Waals surface area contributed by atoms with E-state index in [-0.39, 0.29) is 28.6 Å². The second-order valence-electron chi connectivity index (χ2n) is 8.13. The summed E-state index contributed by atoms with van der Waals surface area (Å²) in [6.45, 7) is -0.338. The van der Waals surface area contributed by atoms with Crippen molar-refractivity contribution in [3.63, 3.8) is 0 Å². The number of amides is 1. The van der Waals surface area contributed by atoms with E-state index in [9.17, 15) is 9.59 Å². The first-order valence-electron chi connectivity index (χ1n) is 10.9. The third-order valence-corrected chi connectivity index (χ3v) is 7.10. The number of ether oxygens (including phenoxy) is 1. The van der Waals surface area contributed by atoms with Gasteiger partial charge in [-0.15, -0.1) is 0 Å². The average molecular weight is 506 g/mol. The van der Waals surface area contributed by atoms with Crippen LogP contribution < -0.4 is 5.32 Å². The number of nitrogens with zero attached hydrogens (tertiary/aromatic N) is 1. The molecule has 0 radical (unpaired) electrons. The first-order valence-corrected chi connectivity index (χ1v) is 12.1. The fourth-order valence-corrected chi connectivity index (χ4v) is 4.74. The molecule has 0 bridgehead atoms. The van der Waals surface area contributed by atoms with Gasteiger partial charge in [-0.2, -0.15) is 0 Å². The maximum atomic E-state index is 13.0. The van der Waals surface area contributed by atoms with Crippen molar-refractivity contribution < 1.29 is 14.3 Å². The maximum Gasteiger partial charge on any atom is 0.339 e. The van der Waals surface area contributed by atoms with Gasteiger partial charge < -0.3 is 10.1 Å². The monoisotopic (exact) mass is 504 g/mol. The lowest BCUT2D eigenvalue weighted by molar-refractivity contribution is -0.125. The van der Waals surface area contributed by atoms with Crippen LogP contribution in [0.1, 0.15) is 48.9 Å². The summed E-state index contributed by atoms with van der Waals surface area (Å²) in [7, 11) is 0. The van der Waals surface area contributed by atoms with E-state index in [2.05, 4.69) is 10.3 Å². The Balaban J connectivity index is 1.57. The number of hydrogen-bond donors (Lipinski definition) is 1. The van der Waals surface area contributed by atoms with Crippen LogP contribution in [0.2, 0.25) is 15.1 Å². The molecule has 2 aromatic carbocycles. The highest BCUT2D eigenvalue weighted by Crippen LogP contribution is 2.38. The molecule has 0 unspecified atom stereocenters.